The fraction of sp³-hybridized carbons (Fsp3) is 0.286. The second-order valence-electron chi connectivity index (χ2n) is 7.87. The van der Waals surface area contributed by atoms with E-state index in [1.54, 1.807) is 12.1 Å². The number of carbonyl (C=O) groups excluding carboxylic acids is 1. The Balaban J connectivity index is 0.000000303. The van der Waals surface area contributed by atoms with Crippen LogP contribution in [-0.2, 0) is 0 Å². The molecule has 1 N–H and O–H groups in total. The molecule has 3 nitrogen and oxygen atoms in total. The third kappa shape index (κ3) is 8.32. The lowest BCUT2D eigenvalue weighted by atomic mass is 9.93. The number of hydrogen-bond acceptors (Lipinski definition) is 2. The summed E-state index contributed by atoms with van der Waals surface area (Å²) in [5.41, 5.74) is 3.40. The van der Waals surface area contributed by atoms with Crippen LogP contribution < -0.4 is 0 Å². The van der Waals surface area contributed by atoms with Gasteiger partial charge in [-0.05, 0) is 35.7 Å². The number of unbranched alkanes of at least 4 members (excludes halogenated alkanes) is 3. The van der Waals surface area contributed by atoms with Gasteiger partial charge in [0.25, 0.3) is 0 Å². The molecule has 0 heterocycles. The van der Waals surface area contributed by atoms with Crippen molar-refractivity contribution in [3.8, 4) is 11.1 Å². The maximum atomic E-state index is 12.5. The van der Waals surface area contributed by atoms with Crippen LogP contribution in [0.15, 0.2) is 78.9 Å². The Hall–Kier alpha value is -2.91. The van der Waals surface area contributed by atoms with E-state index < -0.39 is 5.97 Å². The van der Waals surface area contributed by atoms with Gasteiger partial charge in [-0.1, -0.05) is 112 Å². The van der Waals surface area contributed by atoms with Gasteiger partial charge in [-0.15, -0.1) is 0 Å². The molecule has 0 amide bonds. The highest BCUT2D eigenvalue weighted by Crippen LogP contribution is 2.22. The normalized spacial score (nSPS) is 11.2. The number of rotatable bonds is 9. The molecular formula is C28H31ClO3. The van der Waals surface area contributed by atoms with E-state index in [9.17, 15) is 9.59 Å². The second-order valence-corrected chi connectivity index (χ2v) is 8.31. The molecule has 0 saturated carbocycles. The molecule has 32 heavy (non-hydrogen) atoms. The van der Waals surface area contributed by atoms with Gasteiger partial charge in [0.15, 0.2) is 5.78 Å². The van der Waals surface area contributed by atoms with Crippen LogP contribution in [0.25, 0.3) is 11.1 Å². The van der Waals surface area contributed by atoms with Crippen molar-refractivity contribution in [1.29, 1.82) is 0 Å². The van der Waals surface area contributed by atoms with Crippen molar-refractivity contribution in [2.45, 2.75) is 46.0 Å². The van der Waals surface area contributed by atoms with Crippen LogP contribution in [0.2, 0.25) is 5.02 Å². The number of carboxylic acids is 1. The number of aromatic carboxylic acids is 1. The molecule has 0 bridgehead atoms. The summed E-state index contributed by atoms with van der Waals surface area (Å²) in [6, 6.07) is 24.4. The van der Waals surface area contributed by atoms with Crippen LogP contribution in [0, 0.1) is 5.92 Å². The predicted octanol–water partition coefficient (Wildman–Crippen LogP) is 8.18. The number of carbonyl (C=O) groups is 2. The minimum atomic E-state index is -0.956. The predicted molar refractivity (Wildman–Crippen MR) is 133 cm³/mol. The topological polar surface area (TPSA) is 54.4 Å². The fourth-order valence-corrected chi connectivity index (χ4v) is 3.56. The molecule has 3 rings (SSSR count). The highest BCUT2D eigenvalue weighted by atomic mass is 35.5. The largest absolute Gasteiger partial charge is 0.478 e. The zero-order valence-electron chi connectivity index (χ0n) is 18.8. The molecule has 3 aromatic carbocycles. The molecule has 0 aliphatic rings. The van der Waals surface area contributed by atoms with Crippen molar-refractivity contribution in [1.82, 2.24) is 0 Å². The summed E-state index contributed by atoms with van der Waals surface area (Å²) in [6.45, 7) is 4.27. The zero-order chi connectivity index (χ0) is 23.3. The number of hydrogen-bond donors (Lipinski definition) is 1. The van der Waals surface area contributed by atoms with Crippen LogP contribution in [0.5, 0.6) is 0 Å². The quantitative estimate of drug-likeness (QED) is 0.264. The van der Waals surface area contributed by atoms with E-state index in [1.807, 2.05) is 42.5 Å². The van der Waals surface area contributed by atoms with Crippen molar-refractivity contribution in [2.24, 2.45) is 5.92 Å². The minimum absolute atomic E-state index is 0.124. The van der Waals surface area contributed by atoms with E-state index in [-0.39, 0.29) is 17.3 Å². The Kier molecular flexibility index (Phi) is 10.7. The first-order chi connectivity index (χ1) is 15.4. The molecule has 4 heteroatoms. The molecule has 0 aromatic heterocycles. The monoisotopic (exact) mass is 450 g/mol. The van der Waals surface area contributed by atoms with E-state index in [1.165, 1.54) is 37.0 Å². The summed E-state index contributed by atoms with van der Waals surface area (Å²) in [6.07, 6.45) is 5.90. The molecule has 0 aliphatic carbocycles. The lowest BCUT2D eigenvalue weighted by Gasteiger charge is -2.11. The Morgan fingerprint density at radius 3 is 2.03 bits per heavy atom. The zero-order valence-corrected chi connectivity index (χ0v) is 19.5. The van der Waals surface area contributed by atoms with Gasteiger partial charge in [-0.25, -0.2) is 4.79 Å². The van der Waals surface area contributed by atoms with Crippen LogP contribution >= 0.6 is 11.6 Å². The third-order valence-electron chi connectivity index (χ3n) is 5.29. The highest BCUT2D eigenvalue weighted by molar-refractivity contribution is 6.30. The first kappa shape index (κ1) is 25.4. The van der Waals surface area contributed by atoms with Crippen molar-refractivity contribution in [2.75, 3.05) is 0 Å². The van der Waals surface area contributed by atoms with E-state index in [0.29, 0.717) is 5.02 Å². The summed E-state index contributed by atoms with van der Waals surface area (Å²) in [7, 11) is 0. The van der Waals surface area contributed by atoms with Crippen LogP contribution in [-0.4, -0.2) is 16.9 Å². The summed E-state index contributed by atoms with van der Waals surface area (Å²) < 4.78 is 0. The molecule has 1 unspecified atom stereocenters. The van der Waals surface area contributed by atoms with E-state index in [2.05, 4.69) is 26.0 Å². The molecular weight excluding hydrogens is 420 g/mol. The molecule has 0 fully saturated rings. The molecule has 0 aliphatic heterocycles. The average Bonchev–Trinajstić information content (AvgIpc) is 2.82. The van der Waals surface area contributed by atoms with Gasteiger partial charge in [-0.2, -0.15) is 0 Å². The fourth-order valence-electron chi connectivity index (χ4n) is 3.37. The Bertz CT molecular complexity index is 981. The van der Waals surface area contributed by atoms with Gasteiger partial charge < -0.3 is 5.11 Å². The molecule has 0 radical (unpaired) electrons. The Labute approximate surface area is 196 Å². The number of Topliss-reactive ketones (excluding diaryl/α,β-unsaturated/α-hetero) is 1. The van der Waals surface area contributed by atoms with E-state index in [0.717, 1.165) is 24.0 Å². The molecule has 168 valence electrons. The SMILES string of the molecule is CCCCCCC(C)C(=O)c1ccc(-c2ccccc2)cc1.O=C(O)c1cccc(Cl)c1. The van der Waals surface area contributed by atoms with Crippen molar-refractivity contribution in [3.63, 3.8) is 0 Å². The molecule has 0 saturated heterocycles. The van der Waals surface area contributed by atoms with E-state index in [4.69, 9.17) is 16.7 Å². The maximum absolute atomic E-state index is 12.5. The average molecular weight is 451 g/mol. The number of carboxylic acid groups (broad SMARTS) is 1. The Morgan fingerprint density at radius 1 is 0.812 bits per heavy atom. The third-order valence-corrected chi connectivity index (χ3v) is 5.52. The minimum Gasteiger partial charge on any atom is -0.478 e. The van der Waals surface area contributed by atoms with Crippen molar-refractivity contribution >= 4 is 23.4 Å². The van der Waals surface area contributed by atoms with Crippen LogP contribution in [0.3, 0.4) is 0 Å². The van der Waals surface area contributed by atoms with E-state index >= 15 is 0 Å². The number of benzene rings is 3. The number of halogens is 1. The lowest BCUT2D eigenvalue weighted by molar-refractivity contribution is 0.0696. The standard InChI is InChI=1S/C21H26O.C7H5ClO2/c1-3-4-5-7-10-17(2)21(22)20-15-13-19(14-16-20)18-11-8-6-9-12-18;8-6-3-1-2-5(4-6)7(9)10/h6,8-9,11-17H,3-5,7,10H2,1-2H3;1-4H,(H,9,10). The first-order valence-electron chi connectivity index (χ1n) is 11.1. The van der Waals surface area contributed by atoms with Crippen LogP contribution in [0.4, 0.5) is 0 Å². The summed E-state index contributed by atoms with van der Waals surface area (Å²) >= 11 is 5.53. The smallest absolute Gasteiger partial charge is 0.335 e. The first-order valence-corrected chi connectivity index (χ1v) is 11.5. The van der Waals surface area contributed by atoms with Gasteiger partial charge in [-0.3, -0.25) is 4.79 Å². The van der Waals surface area contributed by atoms with Crippen LogP contribution in [0.1, 0.15) is 66.7 Å². The highest BCUT2D eigenvalue weighted by Gasteiger charge is 2.14. The molecule has 0 spiro atoms. The second kappa shape index (κ2) is 13.5. The summed E-state index contributed by atoms with van der Waals surface area (Å²) in [5, 5.41) is 8.89. The van der Waals surface area contributed by atoms with Gasteiger partial charge >= 0.3 is 5.97 Å². The van der Waals surface area contributed by atoms with Gasteiger partial charge in [0.1, 0.15) is 0 Å². The van der Waals surface area contributed by atoms with Gasteiger partial charge in [0.05, 0.1) is 5.56 Å². The van der Waals surface area contributed by atoms with Crippen molar-refractivity contribution in [3.05, 3.63) is 95.0 Å². The maximum Gasteiger partial charge on any atom is 0.335 e. The number of ketones is 1. The van der Waals surface area contributed by atoms with Crippen molar-refractivity contribution < 1.29 is 14.7 Å². The van der Waals surface area contributed by atoms with Gasteiger partial charge in [0, 0.05) is 16.5 Å². The van der Waals surface area contributed by atoms with Gasteiger partial charge in [0.2, 0.25) is 0 Å². The molecule has 1 atom stereocenters. The Morgan fingerprint density at radius 2 is 1.47 bits per heavy atom. The lowest BCUT2D eigenvalue weighted by Crippen LogP contribution is -2.11. The summed E-state index contributed by atoms with van der Waals surface area (Å²) in [4.78, 5) is 22.8. The molecule has 3 aromatic rings. The summed E-state index contributed by atoms with van der Waals surface area (Å²) in [5.74, 6) is -0.557.